The Balaban J connectivity index is 1.53. The molecule has 258 valence electrons. The van der Waals surface area contributed by atoms with Crippen molar-refractivity contribution >= 4 is 41.2 Å². The zero-order valence-electron chi connectivity index (χ0n) is 28.4. The molecule has 3 amide bonds. The molecule has 2 saturated carbocycles. The lowest BCUT2D eigenvalue weighted by Crippen LogP contribution is -2.59. The molecule has 0 spiro atoms. The van der Waals surface area contributed by atoms with Gasteiger partial charge in [0.15, 0.2) is 0 Å². The van der Waals surface area contributed by atoms with Crippen LogP contribution < -0.4 is 16.0 Å². The first-order valence-corrected chi connectivity index (χ1v) is 20.1. The third-order valence-corrected chi connectivity index (χ3v) is 13.6. The van der Waals surface area contributed by atoms with Crippen molar-refractivity contribution in [3.63, 3.8) is 0 Å². The Labute approximate surface area is 286 Å². The molecule has 3 aliphatic rings. The summed E-state index contributed by atoms with van der Waals surface area (Å²) in [5, 5.41) is 21.5. The molecule has 0 bridgehead atoms. The minimum atomic E-state index is -0.774. The van der Waals surface area contributed by atoms with E-state index < -0.39 is 18.2 Å². The number of hydrogen-bond acceptors (Lipinski definition) is 6. The molecular weight excluding hydrogens is 615 g/mol. The number of amides is 3. The number of rotatable bonds is 16. The standard InChI is InChI=1S/C37H59N3O4S2/c1-4-20-37(45-21-13-22-46-37)33(41)30(24-27-14-7-5-8-15-27)38-35(43)31(23-26(2)3)40-36(44)32(25-28-16-9-6-10-17-28)39-34(42)29-18-11-12-19-29/h6,9-10,16-17,26-27,29-33,41H,4-5,7-8,11-15,18-25H2,1-3H3,(H,38,43)(H,39,42)(H,40,44)/t30-,31+,32+,33+/m1/s1. The summed E-state index contributed by atoms with van der Waals surface area (Å²) in [5.74, 6) is 1.98. The third kappa shape index (κ3) is 10.9. The van der Waals surface area contributed by atoms with E-state index in [9.17, 15) is 19.5 Å². The van der Waals surface area contributed by atoms with Gasteiger partial charge in [0, 0.05) is 12.3 Å². The second kappa shape index (κ2) is 18.7. The second-order valence-electron chi connectivity index (χ2n) is 14.3. The second-order valence-corrected chi connectivity index (χ2v) is 17.4. The molecule has 0 aromatic heterocycles. The summed E-state index contributed by atoms with van der Waals surface area (Å²) in [6.45, 7) is 6.27. The van der Waals surface area contributed by atoms with Crippen molar-refractivity contribution in [1.29, 1.82) is 0 Å². The fraction of sp³-hybridized carbons (Fsp3) is 0.757. The van der Waals surface area contributed by atoms with Crippen LogP contribution in [0, 0.1) is 17.8 Å². The summed E-state index contributed by atoms with van der Waals surface area (Å²) < 4.78 is -0.332. The molecule has 7 nitrogen and oxygen atoms in total. The van der Waals surface area contributed by atoms with Crippen molar-refractivity contribution in [3.8, 4) is 0 Å². The van der Waals surface area contributed by atoms with Crippen molar-refractivity contribution in [1.82, 2.24) is 16.0 Å². The van der Waals surface area contributed by atoms with E-state index in [4.69, 9.17) is 0 Å². The van der Waals surface area contributed by atoms with Gasteiger partial charge < -0.3 is 21.1 Å². The van der Waals surface area contributed by atoms with Crippen molar-refractivity contribution in [2.75, 3.05) is 11.5 Å². The molecule has 0 unspecified atom stereocenters. The number of carbonyl (C=O) groups excluding carboxylic acids is 3. The van der Waals surface area contributed by atoms with E-state index in [2.05, 4.69) is 36.7 Å². The Morgan fingerprint density at radius 3 is 2.11 bits per heavy atom. The van der Waals surface area contributed by atoms with Gasteiger partial charge in [-0.2, -0.15) is 0 Å². The van der Waals surface area contributed by atoms with Crippen molar-refractivity contribution < 1.29 is 19.5 Å². The van der Waals surface area contributed by atoms with Crippen LogP contribution in [0.3, 0.4) is 0 Å². The molecule has 1 aromatic rings. The quantitative estimate of drug-likeness (QED) is 0.157. The monoisotopic (exact) mass is 673 g/mol. The largest absolute Gasteiger partial charge is 0.389 e. The zero-order valence-corrected chi connectivity index (χ0v) is 30.1. The van der Waals surface area contributed by atoms with Crippen LogP contribution in [0.5, 0.6) is 0 Å². The lowest BCUT2D eigenvalue weighted by atomic mass is 9.83. The first kappa shape index (κ1) is 37.1. The molecule has 0 radical (unpaired) electrons. The summed E-state index contributed by atoms with van der Waals surface area (Å²) in [4.78, 5) is 41.3. The normalized spacial score (nSPS) is 21.7. The predicted octanol–water partition coefficient (Wildman–Crippen LogP) is 6.62. The molecule has 4 rings (SSSR count). The average Bonchev–Trinajstić information content (AvgIpc) is 3.60. The molecule has 1 aliphatic heterocycles. The van der Waals surface area contributed by atoms with E-state index in [1.54, 1.807) is 0 Å². The number of hydrogen-bond donors (Lipinski definition) is 4. The fourth-order valence-corrected chi connectivity index (χ4v) is 11.2. The van der Waals surface area contributed by atoms with Gasteiger partial charge >= 0.3 is 0 Å². The van der Waals surface area contributed by atoms with Crippen LogP contribution in [0.15, 0.2) is 30.3 Å². The van der Waals surface area contributed by atoms with Crippen LogP contribution in [-0.4, -0.2) is 62.6 Å². The lowest BCUT2D eigenvalue weighted by molar-refractivity contribution is -0.133. The van der Waals surface area contributed by atoms with Gasteiger partial charge in [0.1, 0.15) is 12.1 Å². The highest BCUT2D eigenvalue weighted by molar-refractivity contribution is 8.18. The maximum absolute atomic E-state index is 14.2. The van der Waals surface area contributed by atoms with E-state index >= 15 is 0 Å². The van der Waals surface area contributed by atoms with Crippen LogP contribution >= 0.6 is 23.5 Å². The van der Waals surface area contributed by atoms with E-state index in [0.29, 0.717) is 18.8 Å². The van der Waals surface area contributed by atoms with E-state index in [0.717, 1.165) is 81.3 Å². The van der Waals surface area contributed by atoms with Gasteiger partial charge in [-0.15, -0.1) is 23.5 Å². The maximum Gasteiger partial charge on any atom is 0.243 e. The Bertz CT molecular complexity index is 1080. The highest BCUT2D eigenvalue weighted by Crippen LogP contribution is 2.49. The highest BCUT2D eigenvalue weighted by Gasteiger charge is 2.45. The van der Waals surface area contributed by atoms with Crippen LogP contribution in [-0.2, 0) is 20.8 Å². The van der Waals surface area contributed by atoms with Crippen molar-refractivity contribution in [2.24, 2.45) is 17.8 Å². The summed E-state index contributed by atoms with van der Waals surface area (Å²) in [6.07, 6.45) is 13.6. The molecule has 4 N–H and O–H groups in total. The molecule has 9 heteroatoms. The van der Waals surface area contributed by atoms with Crippen molar-refractivity contribution in [3.05, 3.63) is 35.9 Å². The molecule has 46 heavy (non-hydrogen) atoms. The number of aliphatic hydroxyl groups is 1. The maximum atomic E-state index is 14.2. The molecule has 1 heterocycles. The number of aliphatic hydroxyl groups excluding tert-OH is 1. The minimum Gasteiger partial charge on any atom is -0.389 e. The molecule has 1 aromatic carbocycles. The van der Waals surface area contributed by atoms with Gasteiger partial charge in [0.2, 0.25) is 17.7 Å². The summed E-state index contributed by atoms with van der Waals surface area (Å²) in [5.41, 5.74) is 0.957. The summed E-state index contributed by atoms with van der Waals surface area (Å²) in [7, 11) is 0. The minimum absolute atomic E-state index is 0.0613. The molecule has 2 aliphatic carbocycles. The smallest absolute Gasteiger partial charge is 0.243 e. The van der Waals surface area contributed by atoms with Gasteiger partial charge in [-0.25, -0.2) is 0 Å². The molecule has 3 fully saturated rings. The lowest BCUT2D eigenvalue weighted by Gasteiger charge is -2.44. The fourth-order valence-electron chi connectivity index (χ4n) is 7.55. The summed E-state index contributed by atoms with van der Waals surface area (Å²) in [6, 6.07) is 7.82. The van der Waals surface area contributed by atoms with Gasteiger partial charge in [0.05, 0.1) is 16.2 Å². The SMILES string of the molecule is CCCC1([C@@H](O)[C@@H](CC2CCCCC2)NC(=O)[C@H](CC(C)C)NC(=O)[C@H](Cc2ccccc2)NC(=O)C2CCCC2)SCCCS1. The number of benzene rings is 1. The van der Waals surface area contributed by atoms with Crippen LogP contribution in [0.2, 0.25) is 0 Å². The summed E-state index contributed by atoms with van der Waals surface area (Å²) >= 11 is 3.73. The Morgan fingerprint density at radius 1 is 0.848 bits per heavy atom. The van der Waals surface area contributed by atoms with Crippen LogP contribution in [0.25, 0.3) is 0 Å². The number of carbonyl (C=O) groups is 3. The third-order valence-electron chi connectivity index (χ3n) is 10.0. The van der Waals surface area contributed by atoms with Gasteiger partial charge in [-0.05, 0) is 67.4 Å². The van der Waals surface area contributed by atoms with Gasteiger partial charge in [-0.3, -0.25) is 14.4 Å². The topological polar surface area (TPSA) is 108 Å². The Morgan fingerprint density at radius 2 is 1.48 bits per heavy atom. The highest BCUT2D eigenvalue weighted by atomic mass is 32.2. The molecule has 4 atom stereocenters. The number of nitrogens with one attached hydrogen (secondary N) is 3. The van der Waals surface area contributed by atoms with Gasteiger partial charge in [-0.1, -0.05) is 102 Å². The molecular formula is C37H59N3O4S2. The van der Waals surface area contributed by atoms with Crippen molar-refractivity contribution in [2.45, 2.75) is 145 Å². The van der Waals surface area contributed by atoms with Crippen LogP contribution in [0.1, 0.15) is 116 Å². The van der Waals surface area contributed by atoms with E-state index in [-0.39, 0.29) is 39.7 Å². The first-order valence-electron chi connectivity index (χ1n) is 18.1. The average molecular weight is 674 g/mol. The Hall–Kier alpha value is -1.71. The van der Waals surface area contributed by atoms with Crippen LogP contribution in [0.4, 0.5) is 0 Å². The zero-order chi connectivity index (χ0) is 32.9. The number of thioether (sulfide) groups is 2. The Kier molecular flexibility index (Phi) is 15.1. The van der Waals surface area contributed by atoms with E-state index in [1.807, 2.05) is 53.9 Å². The van der Waals surface area contributed by atoms with E-state index in [1.165, 1.54) is 19.3 Å². The molecule has 1 saturated heterocycles. The van der Waals surface area contributed by atoms with Gasteiger partial charge in [0.25, 0.3) is 0 Å². The first-order chi connectivity index (χ1) is 22.2. The predicted molar refractivity (Wildman–Crippen MR) is 192 cm³/mol.